The van der Waals surface area contributed by atoms with E-state index in [0.717, 1.165) is 56.9 Å². The van der Waals surface area contributed by atoms with Crippen LogP contribution in [0.4, 0.5) is 0 Å². The fraction of sp³-hybridized carbons (Fsp3) is 0.927. The minimum Gasteiger partial charge on any atom is -0.481 e. The second-order valence-corrected chi connectivity index (χ2v) is 19.5. The topological polar surface area (TPSA) is 216 Å². The lowest BCUT2D eigenvalue weighted by atomic mass is 9.32. The first-order chi connectivity index (χ1) is 25.3. The van der Waals surface area contributed by atoms with Crippen LogP contribution in [-0.4, -0.2) is 128 Å². The van der Waals surface area contributed by atoms with Gasteiger partial charge in [0.25, 0.3) is 0 Å². The number of hydrogen-bond acceptors (Lipinski definition) is 12. The van der Waals surface area contributed by atoms with E-state index in [9.17, 15) is 45.6 Å². The van der Waals surface area contributed by atoms with Crippen molar-refractivity contribution < 1.29 is 64.6 Å². The van der Waals surface area contributed by atoms with Gasteiger partial charge in [-0.2, -0.15) is 0 Å². The zero-order valence-corrected chi connectivity index (χ0v) is 32.7. The molecule has 0 spiro atoms. The predicted molar refractivity (Wildman–Crippen MR) is 193 cm³/mol. The van der Waals surface area contributed by atoms with Crippen molar-refractivity contribution in [2.24, 2.45) is 56.7 Å². The van der Waals surface area contributed by atoms with E-state index in [1.807, 2.05) is 0 Å². The average Bonchev–Trinajstić information content (AvgIpc) is 3.54. The maximum atomic E-state index is 13.0. The van der Waals surface area contributed by atoms with E-state index in [2.05, 4.69) is 41.2 Å². The lowest BCUT2D eigenvalue weighted by molar-refractivity contribution is -0.353. The fourth-order valence-corrected chi connectivity index (χ4v) is 14.3. The SMILES string of the molecule is C=C(C)C1CC[C@]2(C(=O)O)CC[C@]3(C)C(CC[C@@H]4[C@@]5(C)CC[C@H](O[C@@H]6OC[C@H](O[C@@H]7O[C@H](CO)[C@@H](O)[C@H](O)[C@H]7O)[C@H](O)[C@H]6O)[C@@](C)(CO)C5CC[C@]43C)C12. The number of aliphatic hydroxyl groups excluding tert-OH is 7. The normalized spacial score (nSPS) is 55.9. The molecule has 0 aromatic heterocycles. The van der Waals surface area contributed by atoms with Crippen LogP contribution < -0.4 is 0 Å². The molecule has 7 fully saturated rings. The molecule has 20 atom stereocenters. The predicted octanol–water partition coefficient (Wildman–Crippen LogP) is 2.35. The fourth-order valence-electron chi connectivity index (χ4n) is 14.3. The van der Waals surface area contributed by atoms with Crippen LogP contribution in [0.2, 0.25) is 0 Å². The van der Waals surface area contributed by atoms with Crippen molar-refractivity contribution in [2.75, 3.05) is 19.8 Å². The van der Waals surface area contributed by atoms with Crippen molar-refractivity contribution in [1.29, 1.82) is 0 Å². The number of ether oxygens (including phenoxy) is 4. The number of aliphatic carboxylic acids is 1. The smallest absolute Gasteiger partial charge is 0.309 e. The van der Waals surface area contributed by atoms with Crippen LogP contribution in [0.25, 0.3) is 0 Å². The molecule has 4 unspecified atom stereocenters. The summed E-state index contributed by atoms with van der Waals surface area (Å²) in [4.78, 5) is 13.0. The molecule has 5 saturated carbocycles. The lowest BCUT2D eigenvalue weighted by Crippen LogP contribution is -2.68. The lowest BCUT2D eigenvalue weighted by Gasteiger charge is -2.73. The number of aliphatic hydroxyl groups is 7. The summed E-state index contributed by atoms with van der Waals surface area (Å²) < 4.78 is 23.6. The Morgan fingerprint density at radius 2 is 1.46 bits per heavy atom. The molecule has 308 valence electrons. The van der Waals surface area contributed by atoms with Gasteiger partial charge in [-0.25, -0.2) is 0 Å². The molecule has 13 heteroatoms. The molecule has 2 heterocycles. The third-order valence-corrected chi connectivity index (χ3v) is 17.5. The highest BCUT2D eigenvalue weighted by Crippen LogP contribution is 2.77. The highest BCUT2D eigenvalue weighted by Gasteiger charge is 2.72. The zero-order valence-electron chi connectivity index (χ0n) is 32.7. The first kappa shape index (κ1) is 40.9. The molecule has 7 rings (SSSR count). The number of hydrogen-bond donors (Lipinski definition) is 8. The Bertz CT molecular complexity index is 1430. The maximum absolute atomic E-state index is 13.0. The molecule has 7 aliphatic rings. The van der Waals surface area contributed by atoms with Crippen molar-refractivity contribution in [3.63, 3.8) is 0 Å². The number of allylic oxidation sites excluding steroid dienone is 1. The summed E-state index contributed by atoms with van der Waals surface area (Å²) in [5.74, 6) is 0.486. The summed E-state index contributed by atoms with van der Waals surface area (Å²) in [5.41, 5.74) is -0.387. The summed E-state index contributed by atoms with van der Waals surface area (Å²) in [6.45, 7) is 14.9. The van der Waals surface area contributed by atoms with Gasteiger partial charge in [-0.15, -0.1) is 0 Å². The van der Waals surface area contributed by atoms with E-state index in [0.29, 0.717) is 24.7 Å². The molecule has 5 aliphatic carbocycles. The Morgan fingerprint density at radius 1 is 0.759 bits per heavy atom. The molecule has 8 N–H and O–H groups in total. The Labute approximate surface area is 319 Å². The Kier molecular flexibility index (Phi) is 10.8. The van der Waals surface area contributed by atoms with Crippen LogP contribution in [0.15, 0.2) is 12.2 Å². The van der Waals surface area contributed by atoms with Gasteiger partial charge in [0, 0.05) is 5.41 Å². The van der Waals surface area contributed by atoms with E-state index >= 15 is 0 Å². The van der Waals surface area contributed by atoms with E-state index in [1.165, 1.54) is 0 Å². The van der Waals surface area contributed by atoms with Gasteiger partial charge in [-0.05, 0) is 117 Å². The van der Waals surface area contributed by atoms with Crippen LogP contribution in [0.5, 0.6) is 0 Å². The first-order valence-electron chi connectivity index (χ1n) is 20.4. The van der Waals surface area contributed by atoms with Gasteiger partial charge in [-0.1, -0.05) is 39.8 Å². The summed E-state index contributed by atoms with van der Waals surface area (Å²) in [5, 5.41) is 84.5. The third kappa shape index (κ3) is 5.76. The van der Waals surface area contributed by atoms with E-state index in [-0.39, 0.29) is 47.2 Å². The molecule has 0 amide bonds. The van der Waals surface area contributed by atoms with Crippen LogP contribution in [0, 0.1) is 56.7 Å². The first-order valence-corrected chi connectivity index (χ1v) is 20.4. The van der Waals surface area contributed by atoms with Gasteiger partial charge in [0.2, 0.25) is 0 Å². The second-order valence-electron chi connectivity index (χ2n) is 19.5. The van der Waals surface area contributed by atoms with Gasteiger partial charge in [0.15, 0.2) is 12.6 Å². The Balaban J connectivity index is 1.07. The zero-order chi connectivity index (χ0) is 39.3. The number of carboxylic acid groups (broad SMARTS) is 1. The van der Waals surface area contributed by atoms with Gasteiger partial charge >= 0.3 is 5.97 Å². The molecule has 54 heavy (non-hydrogen) atoms. The number of rotatable bonds is 8. The Morgan fingerprint density at radius 3 is 2.11 bits per heavy atom. The highest BCUT2D eigenvalue weighted by atomic mass is 16.7. The molecule has 0 aromatic carbocycles. The summed E-state index contributed by atoms with van der Waals surface area (Å²) in [6, 6.07) is 0. The maximum Gasteiger partial charge on any atom is 0.309 e. The molecular formula is C41H66O13. The van der Waals surface area contributed by atoms with Crippen LogP contribution in [-0.2, 0) is 23.7 Å². The monoisotopic (exact) mass is 766 g/mol. The molecule has 2 aliphatic heterocycles. The third-order valence-electron chi connectivity index (χ3n) is 17.5. The van der Waals surface area contributed by atoms with E-state index in [4.69, 9.17) is 18.9 Å². The average molecular weight is 767 g/mol. The largest absolute Gasteiger partial charge is 0.481 e. The molecule has 0 aromatic rings. The standard InChI is InChI=1S/C41H66O13/c1-20(2)21-9-14-41(36(49)50)16-15-39(5)22(28(21)41)7-8-26-37(3)12-11-27(38(4,19-43)25(37)10-13-40(26,39)6)54-34-32(47)30(45)24(18-51-34)53-35-33(48)31(46)29(44)23(17-42)52-35/h21-35,42-48H,1,7-19H2,2-6H3,(H,49,50)/t21?,22?,23-,24+,25?,26-,27+,28?,29-,30+,31+,32-,33-,34+,35+,37+,38+,39-,40-,41+/m1/s1. The summed E-state index contributed by atoms with van der Waals surface area (Å²) in [7, 11) is 0. The highest BCUT2D eigenvalue weighted by molar-refractivity contribution is 5.76. The van der Waals surface area contributed by atoms with Crippen LogP contribution in [0.1, 0.15) is 98.8 Å². The molecule has 2 saturated heterocycles. The van der Waals surface area contributed by atoms with Crippen LogP contribution in [0.3, 0.4) is 0 Å². The van der Waals surface area contributed by atoms with E-state index < -0.39 is 84.8 Å². The molecule has 13 nitrogen and oxygen atoms in total. The number of carbonyl (C=O) groups is 1. The number of fused-ring (bicyclic) bond motifs is 7. The minimum absolute atomic E-state index is 0.0130. The van der Waals surface area contributed by atoms with Crippen LogP contribution >= 0.6 is 0 Å². The number of carboxylic acids is 1. The van der Waals surface area contributed by atoms with E-state index in [1.54, 1.807) is 0 Å². The molecular weight excluding hydrogens is 700 g/mol. The van der Waals surface area contributed by atoms with Gasteiger partial charge in [0.05, 0.1) is 31.3 Å². The summed E-state index contributed by atoms with van der Waals surface area (Å²) >= 11 is 0. The van der Waals surface area contributed by atoms with Crippen molar-refractivity contribution in [3.05, 3.63) is 12.2 Å². The van der Waals surface area contributed by atoms with Gasteiger partial charge < -0.3 is 59.8 Å². The van der Waals surface area contributed by atoms with Gasteiger partial charge in [0.1, 0.15) is 42.7 Å². The van der Waals surface area contributed by atoms with Crippen molar-refractivity contribution in [3.8, 4) is 0 Å². The van der Waals surface area contributed by atoms with Crippen molar-refractivity contribution in [2.45, 2.75) is 160 Å². The van der Waals surface area contributed by atoms with Crippen molar-refractivity contribution >= 4 is 5.97 Å². The Hall–Kier alpha value is -1.23. The van der Waals surface area contributed by atoms with Gasteiger partial charge in [-0.3, -0.25) is 4.79 Å². The van der Waals surface area contributed by atoms with Crippen molar-refractivity contribution in [1.82, 2.24) is 0 Å². The molecule has 0 radical (unpaired) electrons. The summed E-state index contributed by atoms with van der Waals surface area (Å²) in [6.07, 6.45) is -4.97. The molecule has 0 bridgehead atoms. The minimum atomic E-state index is -1.68. The second kappa shape index (κ2) is 14.2. The quantitative estimate of drug-likeness (QED) is 0.132.